The highest BCUT2D eigenvalue weighted by atomic mass is 35.5. The summed E-state index contributed by atoms with van der Waals surface area (Å²) in [5.74, 6) is 1.57. The Bertz CT molecular complexity index is 969. The van der Waals surface area contributed by atoms with Gasteiger partial charge in [-0.15, -0.1) is 0 Å². The zero-order valence-electron chi connectivity index (χ0n) is 16.4. The molecule has 150 valence electrons. The number of anilines is 5. The molecule has 2 heterocycles. The van der Waals surface area contributed by atoms with Crippen LogP contribution < -0.4 is 15.5 Å². The average Bonchev–Trinajstić information content (AvgIpc) is 2.69. The molecule has 1 saturated heterocycles. The lowest BCUT2D eigenvalue weighted by Gasteiger charge is -2.27. The van der Waals surface area contributed by atoms with E-state index in [0.29, 0.717) is 36.1 Å². The maximum Gasteiger partial charge on any atom is 0.233 e. The smallest absolute Gasteiger partial charge is 0.233 e. The van der Waals surface area contributed by atoms with E-state index in [1.54, 1.807) is 0 Å². The fourth-order valence-electron chi connectivity index (χ4n) is 3.22. The number of benzene rings is 2. The first kappa shape index (κ1) is 19.4. The van der Waals surface area contributed by atoms with Crippen molar-refractivity contribution in [3.63, 3.8) is 0 Å². The van der Waals surface area contributed by atoms with Crippen molar-refractivity contribution in [1.82, 2.24) is 15.0 Å². The lowest BCUT2D eigenvalue weighted by atomic mass is 10.1. The number of hydrogen-bond acceptors (Lipinski definition) is 7. The summed E-state index contributed by atoms with van der Waals surface area (Å²) in [6, 6.07) is 13.7. The van der Waals surface area contributed by atoms with Crippen molar-refractivity contribution in [1.29, 1.82) is 0 Å². The summed E-state index contributed by atoms with van der Waals surface area (Å²) in [6.45, 7) is 6.94. The number of morpholine rings is 1. The van der Waals surface area contributed by atoms with Gasteiger partial charge < -0.3 is 20.3 Å². The second-order valence-corrected chi connectivity index (χ2v) is 7.45. The van der Waals surface area contributed by atoms with Gasteiger partial charge in [-0.3, -0.25) is 0 Å². The molecule has 7 nitrogen and oxygen atoms in total. The van der Waals surface area contributed by atoms with Crippen molar-refractivity contribution in [3.8, 4) is 0 Å². The monoisotopic (exact) mass is 410 g/mol. The van der Waals surface area contributed by atoms with Gasteiger partial charge in [0.1, 0.15) is 0 Å². The summed E-state index contributed by atoms with van der Waals surface area (Å²) in [5.41, 5.74) is 4.15. The van der Waals surface area contributed by atoms with E-state index < -0.39 is 0 Å². The van der Waals surface area contributed by atoms with E-state index in [0.717, 1.165) is 24.5 Å². The van der Waals surface area contributed by atoms with Gasteiger partial charge >= 0.3 is 0 Å². The van der Waals surface area contributed by atoms with Gasteiger partial charge in [-0.1, -0.05) is 17.7 Å². The number of nitrogens with one attached hydrogen (secondary N) is 2. The Morgan fingerprint density at radius 2 is 1.41 bits per heavy atom. The molecule has 1 fully saturated rings. The summed E-state index contributed by atoms with van der Waals surface area (Å²) in [4.78, 5) is 15.9. The van der Waals surface area contributed by atoms with Crippen molar-refractivity contribution in [3.05, 3.63) is 58.6 Å². The van der Waals surface area contributed by atoms with E-state index in [4.69, 9.17) is 16.3 Å². The minimum Gasteiger partial charge on any atom is -0.378 e. The van der Waals surface area contributed by atoms with Gasteiger partial charge in [-0.25, -0.2) is 0 Å². The first-order valence-corrected chi connectivity index (χ1v) is 9.90. The first-order valence-electron chi connectivity index (χ1n) is 9.52. The fourth-order valence-corrected chi connectivity index (χ4v) is 3.35. The molecule has 0 atom stereocenters. The number of halogens is 1. The zero-order valence-corrected chi connectivity index (χ0v) is 17.2. The number of nitrogens with zero attached hydrogens (tertiary/aromatic N) is 4. The first-order chi connectivity index (χ1) is 14.0. The van der Waals surface area contributed by atoms with Crippen LogP contribution in [0.2, 0.25) is 5.02 Å². The highest BCUT2D eigenvalue weighted by molar-refractivity contribution is 6.30. The second-order valence-electron chi connectivity index (χ2n) is 7.02. The van der Waals surface area contributed by atoms with Crippen LogP contribution in [0.4, 0.5) is 29.2 Å². The van der Waals surface area contributed by atoms with Crippen molar-refractivity contribution in [2.45, 2.75) is 13.8 Å². The Morgan fingerprint density at radius 3 is 2.03 bits per heavy atom. The quantitative estimate of drug-likeness (QED) is 0.642. The van der Waals surface area contributed by atoms with E-state index >= 15 is 0 Å². The predicted molar refractivity (Wildman–Crippen MR) is 117 cm³/mol. The average molecular weight is 411 g/mol. The summed E-state index contributed by atoms with van der Waals surface area (Å²) in [6.07, 6.45) is 0. The normalized spacial score (nSPS) is 14.0. The summed E-state index contributed by atoms with van der Waals surface area (Å²) in [7, 11) is 0. The molecule has 0 saturated carbocycles. The minimum atomic E-state index is 0.468. The molecule has 29 heavy (non-hydrogen) atoms. The van der Waals surface area contributed by atoms with Gasteiger partial charge in [0.25, 0.3) is 0 Å². The van der Waals surface area contributed by atoms with Crippen LogP contribution in [0.5, 0.6) is 0 Å². The van der Waals surface area contributed by atoms with Crippen LogP contribution in [0.1, 0.15) is 11.1 Å². The molecular weight excluding hydrogens is 388 g/mol. The van der Waals surface area contributed by atoms with Gasteiger partial charge in [0.05, 0.1) is 13.2 Å². The third kappa shape index (κ3) is 5.13. The summed E-state index contributed by atoms with van der Waals surface area (Å²) < 4.78 is 5.45. The van der Waals surface area contributed by atoms with Crippen LogP contribution >= 0.6 is 11.6 Å². The van der Waals surface area contributed by atoms with Crippen molar-refractivity contribution >= 4 is 40.8 Å². The number of ether oxygens (including phenoxy) is 1. The van der Waals surface area contributed by atoms with E-state index in [1.165, 1.54) is 11.1 Å². The number of hydrogen-bond donors (Lipinski definition) is 2. The van der Waals surface area contributed by atoms with Gasteiger partial charge in [0.15, 0.2) is 0 Å². The lowest BCUT2D eigenvalue weighted by Crippen LogP contribution is -2.37. The maximum absolute atomic E-state index is 5.98. The van der Waals surface area contributed by atoms with Crippen LogP contribution in [0.3, 0.4) is 0 Å². The van der Waals surface area contributed by atoms with Crippen LogP contribution in [-0.4, -0.2) is 41.3 Å². The molecule has 8 heteroatoms. The molecule has 1 aliphatic rings. The van der Waals surface area contributed by atoms with Crippen LogP contribution in [-0.2, 0) is 4.74 Å². The Hall–Kier alpha value is -2.90. The van der Waals surface area contributed by atoms with Gasteiger partial charge in [0, 0.05) is 29.5 Å². The molecule has 0 spiro atoms. The van der Waals surface area contributed by atoms with Crippen molar-refractivity contribution < 1.29 is 4.74 Å². The van der Waals surface area contributed by atoms with Crippen molar-refractivity contribution in [2.24, 2.45) is 0 Å². The SMILES string of the molecule is Cc1cc(C)cc(Nc2nc(Nc3ccc(Cl)cc3)nc(N3CCOCC3)n2)c1. The summed E-state index contributed by atoms with van der Waals surface area (Å²) >= 11 is 5.98. The van der Waals surface area contributed by atoms with Gasteiger partial charge in [-0.05, 0) is 61.4 Å². The van der Waals surface area contributed by atoms with E-state index in [2.05, 4.69) is 62.5 Å². The molecule has 2 aromatic carbocycles. The number of aromatic nitrogens is 3. The topological polar surface area (TPSA) is 75.2 Å². The van der Waals surface area contributed by atoms with Crippen LogP contribution in [0.25, 0.3) is 0 Å². The molecule has 2 N–H and O–H groups in total. The second kappa shape index (κ2) is 8.63. The highest BCUT2D eigenvalue weighted by Crippen LogP contribution is 2.23. The lowest BCUT2D eigenvalue weighted by molar-refractivity contribution is 0.122. The Balaban J connectivity index is 1.65. The fraction of sp³-hybridized carbons (Fsp3) is 0.286. The van der Waals surface area contributed by atoms with Gasteiger partial charge in [-0.2, -0.15) is 15.0 Å². The molecule has 0 aliphatic carbocycles. The van der Waals surface area contributed by atoms with Crippen LogP contribution in [0.15, 0.2) is 42.5 Å². The third-order valence-corrected chi connectivity index (χ3v) is 4.75. The third-order valence-electron chi connectivity index (χ3n) is 4.50. The standard InChI is InChI=1S/C21H23ClN6O/c1-14-11-15(2)13-18(12-14)24-20-25-19(23-17-5-3-16(22)4-6-17)26-21(27-20)28-7-9-29-10-8-28/h3-6,11-13H,7-10H2,1-2H3,(H2,23,24,25,26,27). The molecule has 0 bridgehead atoms. The molecule has 3 aromatic rings. The Labute approximate surface area is 175 Å². The largest absolute Gasteiger partial charge is 0.378 e. The molecular formula is C21H23ClN6O. The van der Waals surface area contributed by atoms with Crippen molar-refractivity contribution in [2.75, 3.05) is 41.8 Å². The maximum atomic E-state index is 5.98. The molecule has 1 aliphatic heterocycles. The zero-order chi connectivity index (χ0) is 20.2. The van der Waals surface area contributed by atoms with Crippen LogP contribution in [0, 0.1) is 13.8 Å². The Morgan fingerprint density at radius 1 is 0.828 bits per heavy atom. The Kier molecular flexibility index (Phi) is 5.78. The molecule has 0 radical (unpaired) electrons. The van der Waals surface area contributed by atoms with E-state index in [9.17, 15) is 0 Å². The molecule has 0 unspecified atom stereocenters. The van der Waals surface area contributed by atoms with Gasteiger partial charge in [0.2, 0.25) is 17.8 Å². The molecule has 4 rings (SSSR count). The number of rotatable bonds is 5. The highest BCUT2D eigenvalue weighted by Gasteiger charge is 2.17. The predicted octanol–water partition coefficient (Wildman–Crippen LogP) is 4.47. The minimum absolute atomic E-state index is 0.468. The van der Waals surface area contributed by atoms with E-state index in [-0.39, 0.29) is 0 Å². The molecule has 0 amide bonds. The molecule has 1 aromatic heterocycles. The number of aryl methyl sites for hydroxylation is 2. The summed E-state index contributed by atoms with van der Waals surface area (Å²) in [5, 5.41) is 7.24. The van der Waals surface area contributed by atoms with E-state index in [1.807, 2.05) is 24.3 Å².